The number of fused-ring (bicyclic) bond motifs is 1. The largest absolute Gasteiger partial charge is 0.376 e. The quantitative estimate of drug-likeness (QED) is 0.185. The molecule has 41 heavy (non-hydrogen) atoms. The van der Waals surface area contributed by atoms with E-state index in [-0.39, 0.29) is 12.0 Å². The Hall–Kier alpha value is -4.90. The number of hydrogen-bond donors (Lipinski definition) is 4. The zero-order chi connectivity index (χ0) is 29.3. The zero-order valence-corrected chi connectivity index (χ0v) is 22.5. The molecule has 0 saturated heterocycles. The summed E-state index contributed by atoms with van der Waals surface area (Å²) in [7, 11) is 0. The van der Waals surface area contributed by atoms with E-state index in [0.29, 0.717) is 44.6 Å². The minimum Gasteiger partial charge on any atom is -0.376 e. The summed E-state index contributed by atoms with van der Waals surface area (Å²) in [4.78, 5) is 8.22. The van der Waals surface area contributed by atoms with E-state index in [1.54, 1.807) is 12.1 Å². The summed E-state index contributed by atoms with van der Waals surface area (Å²) in [5.74, 6) is -0.655. The van der Waals surface area contributed by atoms with E-state index in [9.17, 15) is 16.3 Å². The van der Waals surface area contributed by atoms with Gasteiger partial charge in [0.15, 0.2) is 0 Å². The summed E-state index contributed by atoms with van der Waals surface area (Å²) in [5, 5.41) is 28.9. The minimum atomic E-state index is -1.63. The first-order chi connectivity index (χ1) is 20.4. The number of nitriles is 2. The molecule has 2 atom stereocenters. The molecule has 0 radical (unpaired) electrons. The fraction of sp³-hybridized carbons (Fsp3) is 0.200. The first-order valence-electron chi connectivity index (χ1n) is 13.5. The van der Waals surface area contributed by atoms with E-state index in [1.165, 1.54) is 24.5 Å². The molecule has 2 aromatic carbocycles. The lowest BCUT2D eigenvalue weighted by atomic mass is 10.0. The van der Waals surface area contributed by atoms with Gasteiger partial charge in [0, 0.05) is 35.7 Å². The van der Waals surface area contributed by atoms with Crippen LogP contribution in [0, 0.1) is 28.6 Å². The van der Waals surface area contributed by atoms with Crippen LogP contribution in [0.3, 0.4) is 0 Å². The molecule has 2 aromatic heterocycles. The molecular formula is C30H25ClFN9. The van der Waals surface area contributed by atoms with Crippen molar-refractivity contribution in [2.24, 2.45) is 0 Å². The molecule has 1 saturated carbocycles. The fourth-order valence-corrected chi connectivity index (χ4v) is 5.01. The topological polar surface area (TPSA) is 125 Å². The van der Waals surface area contributed by atoms with Gasteiger partial charge in [0.1, 0.15) is 6.07 Å². The maximum atomic E-state index is 13.8. The predicted molar refractivity (Wildman–Crippen MR) is 154 cm³/mol. The van der Waals surface area contributed by atoms with Crippen LogP contribution in [0.1, 0.15) is 49.4 Å². The summed E-state index contributed by atoms with van der Waals surface area (Å²) in [6.45, 7) is 0. The number of rotatable bonds is 9. The van der Waals surface area contributed by atoms with E-state index in [4.69, 9.17) is 11.6 Å². The number of pyridine rings is 2. The van der Waals surface area contributed by atoms with E-state index in [1.807, 2.05) is 41.5 Å². The zero-order valence-electron chi connectivity index (χ0n) is 22.7. The van der Waals surface area contributed by atoms with Gasteiger partial charge in [-0.2, -0.15) is 14.9 Å². The molecule has 3 heterocycles. The smallest absolute Gasteiger partial charge is 0.212 e. The van der Waals surface area contributed by atoms with Crippen molar-refractivity contribution >= 4 is 33.9 Å². The molecule has 1 aliphatic carbocycles. The van der Waals surface area contributed by atoms with E-state index in [2.05, 4.69) is 43.7 Å². The van der Waals surface area contributed by atoms with E-state index >= 15 is 0 Å². The summed E-state index contributed by atoms with van der Waals surface area (Å²) in [6, 6.07) is 18.3. The van der Waals surface area contributed by atoms with Crippen molar-refractivity contribution in [2.75, 3.05) is 10.6 Å². The SMILES string of the molecule is [2H]C(Nc1cc(Cl)c2ncc(C#N)c(N[C@H](CC#N)c3ccccc3)c2c1)(C1=CN(C2CC2)NN1)c1ccc(F)nc1. The molecule has 9 nitrogen and oxygen atoms in total. The molecule has 11 heteroatoms. The molecule has 4 N–H and O–H groups in total. The van der Waals surface area contributed by atoms with Crippen LogP contribution in [0.2, 0.25) is 5.02 Å². The Morgan fingerprint density at radius 1 is 1.10 bits per heavy atom. The first-order valence-corrected chi connectivity index (χ1v) is 13.4. The molecule has 1 fully saturated rings. The lowest BCUT2D eigenvalue weighted by Crippen LogP contribution is -2.38. The number of benzene rings is 2. The third-order valence-corrected chi connectivity index (χ3v) is 7.23. The van der Waals surface area contributed by atoms with Gasteiger partial charge in [-0.25, -0.2) is 4.98 Å². The number of aromatic nitrogens is 2. The van der Waals surface area contributed by atoms with Gasteiger partial charge in [0.25, 0.3) is 0 Å². The van der Waals surface area contributed by atoms with E-state index < -0.39 is 18.0 Å². The predicted octanol–water partition coefficient (Wildman–Crippen LogP) is 5.84. The molecule has 0 bridgehead atoms. The summed E-state index contributed by atoms with van der Waals surface area (Å²) in [5.41, 5.74) is 9.55. The molecule has 4 aromatic rings. The van der Waals surface area contributed by atoms with Gasteiger partial charge in [0.2, 0.25) is 5.95 Å². The monoisotopic (exact) mass is 566 g/mol. The number of nitrogens with zero attached hydrogens (tertiary/aromatic N) is 5. The Bertz CT molecular complexity index is 1750. The highest BCUT2D eigenvalue weighted by Gasteiger charge is 2.32. The van der Waals surface area contributed by atoms with Gasteiger partial charge < -0.3 is 16.1 Å². The van der Waals surface area contributed by atoms with Crippen LogP contribution >= 0.6 is 11.6 Å². The average Bonchev–Trinajstić information content (AvgIpc) is 3.73. The van der Waals surface area contributed by atoms with Gasteiger partial charge in [-0.3, -0.25) is 9.99 Å². The van der Waals surface area contributed by atoms with Gasteiger partial charge >= 0.3 is 0 Å². The maximum absolute atomic E-state index is 13.8. The molecule has 6 rings (SSSR count). The minimum absolute atomic E-state index is 0.155. The number of hydrogen-bond acceptors (Lipinski definition) is 9. The molecular weight excluding hydrogens is 541 g/mol. The maximum Gasteiger partial charge on any atom is 0.212 e. The van der Waals surface area contributed by atoms with Crippen molar-refractivity contribution in [1.29, 1.82) is 10.5 Å². The van der Waals surface area contributed by atoms with Crippen LogP contribution in [-0.4, -0.2) is 21.0 Å². The van der Waals surface area contributed by atoms with Crippen LogP contribution in [-0.2, 0) is 0 Å². The Kier molecular flexibility index (Phi) is 6.92. The third-order valence-electron chi connectivity index (χ3n) is 6.94. The Balaban J connectivity index is 1.45. The van der Waals surface area contributed by atoms with Crippen molar-refractivity contribution in [2.45, 2.75) is 37.4 Å². The number of nitrogens with one attached hydrogen (secondary N) is 4. The lowest BCUT2D eigenvalue weighted by Gasteiger charge is -2.23. The lowest BCUT2D eigenvalue weighted by molar-refractivity contribution is 0.260. The summed E-state index contributed by atoms with van der Waals surface area (Å²) < 4.78 is 23.3. The second-order valence-electron chi connectivity index (χ2n) is 9.77. The standard InChI is InChI=1S/C30H25ClFN9/c31-24-13-21(37-29(19-6-9-27(32)35-15-19)26-17-41(40-39-26)22-7-8-22)12-23-28(20(14-34)16-36-30(23)24)38-25(10-11-33)18-4-2-1-3-5-18/h1-6,9,12-13,15-17,22,25,29,37,39-40H,7-8,10H2,(H,36,38)/t25-,29?/m1/s1/i29D. The van der Waals surface area contributed by atoms with Crippen molar-refractivity contribution in [3.63, 3.8) is 0 Å². The Labute approximate surface area is 242 Å². The average molecular weight is 567 g/mol. The van der Waals surface area contributed by atoms with E-state index in [0.717, 1.165) is 18.4 Å². The first kappa shape index (κ1) is 25.1. The summed E-state index contributed by atoms with van der Waals surface area (Å²) >= 11 is 6.73. The normalized spacial score (nSPS) is 16.9. The van der Waals surface area contributed by atoms with Crippen LogP contribution in [0.15, 0.2) is 78.9 Å². The number of anilines is 2. The van der Waals surface area contributed by atoms with Crippen molar-refractivity contribution < 1.29 is 5.76 Å². The molecule has 204 valence electrons. The number of hydrazine groups is 2. The molecule has 1 aliphatic heterocycles. The highest BCUT2D eigenvalue weighted by atomic mass is 35.5. The van der Waals surface area contributed by atoms with Crippen molar-refractivity contribution in [1.82, 2.24) is 25.9 Å². The highest BCUT2D eigenvalue weighted by Crippen LogP contribution is 2.38. The fourth-order valence-electron chi connectivity index (χ4n) is 4.74. The molecule has 1 unspecified atom stereocenters. The molecule has 0 amide bonds. The second kappa shape index (κ2) is 11.3. The Morgan fingerprint density at radius 3 is 2.63 bits per heavy atom. The van der Waals surface area contributed by atoms with Gasteiger partial charge in [-0.1, -0.05) is 48.0 Å². The molecule has 2 aliphatic rings. The van der Waals surface area contributed by atoms with Gasteiger partial charge in [0.05, 0.1) is 53.4 Å². The van der Waals surface area contributed by atoms with Crippen molar-refractivity contribution in [3.05, 3.63) is 107 Å². The van der Waals surface area contributed by atoms with Crippen LogP contribution in [0.25, 0.3) is 10.9 Å². The molecule has 0 spiro atoms. The number of halogens is 2. The highest BCUT2D eigenvalue weighted by molar-refractivity contribution is 6.35. The van der Waals surface area contributed by atoms with Crippen molar-refractivity contribution in [3.8, 4) is 12.1 Å². The van der Waals surface area contributed by atoms with Crippen LogP contribution < -0.4 is 21.6 Å². The van der Waals surface area contributed by atoms with Crippen LogP contribution in [0.5, 0.6) is 0 Å². The second-order valence-corrected chi connectivity index (χ2v) is 10.2. The van der Waals surface area contributed by atoms with Crippen LogP contribution in [0.4, 0.5) is 15.8 Å². The van der Waals surface area contributed by atoms with Gasteiger partial charge in [-0.05, 0) is 42.2 Å². The Morgan fingerprint density at radius 2 is 1.93 bits per heavy atom. The summed E-state index contributed by atoms with van der Waals surface area (Å²) in [6.07, 6.45) is 6.81. The third kappa shape index (κ3) is 5.57. The van der Waals surface area contributed by atoms with Gasteiger partial charge in [-0.15, -0.1) is 5.53 Å².